The van der Waals surface area contributed by atoms with E-state index in [1.807, 2.05) is 6.92 Å². The van der Waals surface area contributed by atoms with E-state index in [1.165, 1.54) is 30.2 Å². The molecule has 7 heteroatoms. The Kier molecular flexibility index (Phi) is 5.96. The monoisotopic (exact) mass is 359 g/mol. The van der Waals surface area contributed by atoms with Crippen molar-refractivity contribution in [2.24, 2.45) is 0 Å². The van der Waals surface area contributed by atoms with E-state index in [1.54, 1.807) is 0 Å². The molecule has 2 heterocycles. The Bertz CT molecular complexity index is 707. The maximum atomic E-state index is 11.9. The van der Waals surface area contributed by atoms with Gasteiger partial charge < -0.3 is 10.2 Å². The minimum absolute atomic E-state index is 0.0352. The second kappa shape index (κ2) is 8.38. The molecule has 1 aliphatic rings. The van der Waals surface area contributed by atoms with Crippen molar-refractivity contribution >= 4 is 23.6 Å². The molecule has 1 N–H and O–H groups in total. The summed E-state index contributed by atoms with van der Waals surface area (Å²) in [5.74, 6) is 1.26. The lowest BCUT2D eigenvalue weighted by atomic mass is 10.2. The van der Waals surface area contributed by atoms with Gasteiger partial charge in [0.05, 0.1) is 11.4 Å². The molecule has 0 aliphatic carbocycles. The third-order valence-corrected chi connectivity index (χ3v) is 5.13. The smallest absolute Gasteiger partial charge is 0.232 e. The van der Waals surface area contributed by atoms with E-state index in [9.17, 15) is 4.79 Å². The predicted octanol–water partition coefficient (Wildman–Crippen LogP) is 2.79. The molecule has 0 spiro atoms. The number of hydrogen-bond acceptors (Lipinski definition) is 5. The minimum atomic E-state index is 0.0352. The first-order chi connectivity index (χ1) is 12.2. The summed E-state index contributed by atoms with van der Waals surface area (Å²) in [6.45, 7) is 6.84. The van der Waals surface area contributed by atoms with Gasteiger partial charge in [0.2, 0.25) is 11.9 Å². The maximum Gasteiger partial charge on any atom is 0.232 e. The Hall–Kier alpha value is -2.02. The van der Waals surface area contributed by atoms with Crippen LogP contribution in [0, 0.1) is 6.92 Å². The van der Waals surface area contributed by atoms with Crippen LogP contribution >= 0.6 is 11.8 Å². The summed E-state index contributed by atoms with van der Waals surface area (Å²) >= 11 is 1.43. The van der Waals surface area contributed by atoms with Gasteiger partial charge >= 0.3 is 0 Å². The summed E-state index contributed by atoms with van der Waals surface area (Å²) in [5.41, 5.74) is 2.25. The fraction of sp³-hybridized carbons (Fsp3) is 0.500. The van der Waals surface area contributed by atoms with Crippen LogP contribution < -0.4 is 10.2 Å². The van der Waals surface area contributed by atoms with E-state index < -0.39 is 0 Å². The van der Waals surface area contributed by atoms with Gasteiger partial charge in [-0.05, 0) is 38.3 Å². The largest absolute Gasteiger partial charge is 0.355 e. The number of benzene rings is 1. The molecule has 0 atom stereocenters. The molecule has 0 unspecified atom stereocenters. The van der Waals surface area contributed by atoms with Crippen molar-refractivity contribution in [3.63, 3.8) is 0 Å². The van der Waals surface area contributed by atoms with E-state index in [0.717, 1.165) is 36.3 Å². The lowest BCUT2D eigenvalue weighted by molar-refractivity contribution is -0.118. The van der Waals surface area contributed by atoms with Gasteiger partial charge in [0.25, 0.3) is 0 Å². The number of carbonyl (C=O) groups is 1. The SMILES string of the molecule is CCCNC(=O)CSc1nnc(N2CCCC2)n1-c1ccc(C)cc1. The first-order valence-corrected chi connectivity index (χ1v) is 9.84. The third kappa shape index (κ3) is 4.34. The maximum absolute atomic E-state index is 11.9. The van der Waals surface area contributed by atoms with E-state index in [0.29, 0.717) is 12.3 Å². The van der Waals surface area contributed by atoms with Crippen LogP contribution in [0.25, 0.3) is 5.69 Å². The van der Waals surface area contributed by atoms with Crippen LogP contribution in [0.5, 0.6) is 0 Å². The lowest BCUT2D eigenvalue weighted by Gasteiger charge is -2.18. The molecular formula is C18H25N5OS. The zero-order chi connectivity index (χ0) is 17.6. The van der Waals surface area contributed by atoms with Crippen LogP contribution in [-0.4, -0.2) is 46.1 Å². The van der Waals surface area contributed by atoms with Crippen molar-refractivity contribution in [1.82, 2.24) is 20.1 Å². The number of nitrogens with one attached hydrogen (secondary N) is 1. The van der Waals surface area contributed by atoms with Gasteiger partial charge in [-0.1, -0.05) is 36.4 Å². The number of hydrogen-bond donors (Lipinski definition) is 1. The molecule has 3 rings (SSSR count). The molecule has 1 aliphatic heterocycles. The summed E-state index contributed by atoms with van der Waals surface area (Å²) in [6.07, 6.45) is 3.31. The number of rotatable bonds is 7. The molecule has 1 amide bonds. The van der Waals surface area contributed by atoms with Crippen LogP contribution in [0.15, 0.2) is 29.4 Å². The number of thioether (sulfide) groups is 1. The van der Waals surface area contributed by atoms with Crippen molar-refractivity contribution in [2.45, 2.75) is 38.3 Å². The van der Waals surface area contributed by atoms with Crippen molar-refractivity contribution in [1.29, 1.82) is 0 Å². The molecule has 0 radical (unpaired) electrons. The summed E-state index contributed by atoms with van der Waals surface area (Å²) in [7, 11) is 0. The Balaban J connectivity index is 1.84. The summed E-state index contributed by atoms with van der Waals surface area (Å²) < 4.78 is 2.07. The standard InChI is InChI=1S/C18H25N5OS/c1-3-10-19-16(24)13-25-18-21-20-17(22-11-4-5-12-22)23(18)15-8-6-14(2)7-9-15/h6-9H,3-5,10-13H2,1-2H3,(H,19,24). The number of nitrogens with zero attached hydrogens (tertiary/aromatic N) is 4. The first-order valence-electron chi connectivity index (χ1n) is 8.86. The number of amides is 1. The summed E-state index contributed by atoms with van der Waals surface area (Å²) in [5, 5.41) is 12.5. The van der Waals surface area contributed by atoms with Gasteiger partial charge in [-0.25, -0.2) is 0 Å². The highest BCUT2D eigenvalue weighted by Crippen LogP contribution is 2.28. The molecular weight excluding hydrogens is 334 g/mol. The quantitative estimate of drug-likeness (QED) is 0.770. The average Bonchev–Trinajstić information content (AvgIpc) is 3.28. The van der Waals surface area contributed by atoms with Crippen LogP contribution in [0.3, 0.4) is 0 Å². The molecule has 1 aromatic carbocycles. The molecule has 25 heavy (non-hydrogen) atoms. The van der Waals surface area contributed by atoms with E-state index in [2.05, 4.69) is 56.2 Å². The number of carbonyl (C=O) groups excluding carboxylic acids is 1. The van der Waals surface area contributed by atoms with E-state index in [-0.39, 0.29) is 5.91 Å². The fourth-order valence-electron chi connectivity index (χ4n) is 2.84. The predicted molar refractivity (Wildman–Crippen MR) is 102 cm³/mol. The van der Waals surface area contributed by atoms with E-state index in [4.69, 9.17) is 0 Å². The zero-order valence-corrected chi connectivity index (χ0v) is 15.7. The Morgan fingerprint density at radius 1 is 1.20 bits per heavy atom. The normalized spacial score (nSPS) is 14.1. The average molecular weight is 359 g/mol. The van der Waals surface area contributed by atoms with Crippen molar-refractivity contribution < 1.29 is 4.79 Å². The second-order valence-electron chi connectivity index (χ2n) is 6.29. The molecule has 134 valence electrons. The van der Waals surface area contributed by atoms with Crippen molar-refractivity contribution in [3.8, 4) is 5.69 Å². The van der Waals surface area contributed by atoms with Crippen LogP contribution in [0.2, 0.25) is 0 Å². The number of aromatic nitrogens is 3. The molecule has 0 saturated carbocycles. The van der Waals surface area contributed by atoms with Crippen LogP contribution in [-0.2, 0) is 4.79 Å². The fourth-order valence-corrected chi connectivity index (χ4v) is 3.62. The zero-order valence-electron chi connectivity index (χ0n) is 14.9. The topological polar surface area (TPSA) is 63.1 Å². The molecule has 2 aromatic rings. The van der Waals surface area contributed by atoms with Gasteiger partial charge in [0.1, 0.15) is 0 Å². The number of anilines is 1. The van der Waals surface area contributed by atoms with Crippen LogP contribution in [0.1, 0.15) is 31.7 Å². The third-order valence-electron chi connectivity index (χ3n) is 4.20. The summed E-state index contributed by atoms with van der Waals surface area (Å²) in [6, 6.07) is 8.34. The first kappa shape index (κ1) is 17.8. The Labute approximate surface area is 153 Å². The minimum Gasteiger partial charge on any atom is -0.355 e. The lowest BCUT2D eigenvalue weighted by Crippen LogP contribution is -2.26. The van der Waals surface area contributed by atoms with Crippen LogP contribution in [0.4, 0.5) is 5.95 Å². The number of aryl methyl sites for hydroxylation is 1. The van der Waals surface area contributed by atoms with Gasteiger partial charge in [-0.2, -0.15) is 0 Å². The van der Waals surface area contributed by atoms with E-state index >= 15 is 0 Å². The highest BCUT2D eigenvalue weighted by molar-refractivity contribution is 7.99. The Morgan fingerprint density at radius 3 is 2.60 bits per heavy atom. The van der Waals surface area contributed by atoms with Crippen molar-refractivity contribution in [2.75, 3.05) is 30.3 Å². The second-order valence-corrected chi connectivity index (χ2v) is 7.23. The van der Waals surface area contributed by atoms with Gasteiger partial charge in [-0.3, -0.25) is 9.36 Å². The molecule has 6 nitrogen and oxygen atoms in total. The molecule has 1 saturated heterocycles. The molecule has 1 aromatic heterocycles. The molecule has 1 fully saturated rings. The highest BCUT2D eigenvalue weighted by atomic mass is 32.2. The van der Waals surface area contributed by atoms with Gasteiger partial charge in [0, 0.05) is 19.6 Å². The van der Waals surface area contributed by atoms with Gasteiger partial charge in [0.15, 0.2) is 5.16 Å². The van der Waals surface area contributed by atoms with Crippen molar-refractivity contribution in [3.05, 3.63) is 29.8 Å². The highest BCUT2D eigenvalue weighted by Gasteiger charge is 2.22. The Morgan fingerprint density at radius 2 is 1.92 bits per heavy atom. The molecule has 0 bridgehead atoms. The summed E-state index contributed by atoms with van der Waals surface area (Å²) in [4.78, 5) is 14.2. The van der Waals surface area contributed by atoms with Gasteiger partial charge in [-0.15, -0.1) is 10.2 Å².